The lowest BCUT2D eigenvalue weighted by atomic mass is 10.2. The highest BCUT2D eigenvalue weighted by Gasteiger charge is 2.16. The van der Waals surface area contributed by atoms with Crippen LogP contribution in [-0.2, 0) is 20.0 Å². The van der Waals surface area contributed by atoms with Gasteiger partial charge in [0.2, 0.25) is 20.0 Å². The van der Waals surface area contributed by atoms with Gasteiger partial charge in [-0.15, -0.1) is 0 Å². The average Bonchev–Trinajstić information content (AvgIpc) is 2.59. The van der Waals surface area contributed by atoms with Crippen LogP contribution >= 0.6 is 0 Å². The number of rotatable bonds is 8. The van der Waals surface area contributed by atoms with Crippen molar-refractivity contribution in [3.8, 4) is 5.75 Å². The van der Waals surface area contributed by atoms with E-state index < -0.39 is 20.0 Å². The van der Waals surface area contributed by atoms with Crippen LogP contribution in [0.4, 0.5) is 0 Å². The van der Waals surface area contributed by atoms with E-state index >= 15 is 0 Å². The van der Waals surface area contributed by atoms with E-state index in [1.807, 2.05) is 6.92 Å². The first kappa shape index (κ1) is 19.4. The van der Waals surface area contributed by atoms with Crippen LogP contribution in [0.25, 0.3) is 0 Å². The van der Waals surface area contributed by atoms with Gasteiger partial charge < -0.3 is 4.74 Å². The van der Waals surface area contributed by atoms with Crippen molar-refractivity contribution in [2.45, 2.75) is 16.7 Å². The molecule has 25 heavy (non-hydrogen) atoms. The van der Waals surface area contributed by atoms with Gasteiger partial charge in [0.05, 0.1) is 16.9 Å². The van der Waals surface area contributed by atoms with Crippen LogP contribution in [0.1, 0.15) is 5.56 Å². The zero-order valence-corrected chi connectivity index (χ0v) is 15.5. The Hall–Kier alpha value is -1.94. The molecule has 0 aliphatic carbocycles. The minimum atomic E-state index is -3.71. The summed E-state index contributed by atoms with van der Waals surface area (Å²) in [5.41, 5.74) is 0.950. The molecule has 0 unspecified atom stereocenters. The van der Waals surface area contributed by atoms with Crippen molar-refractivity contribution in [3.63, 3.8) is 0 Å². The molecule has 0 radical (unpaired) electrons. The molecular weight excluding hydrogens is 364 g/mol. The molecule has 0 heterocycles. The predicted molar refractivity (Wildman–Crippen MR) is 94.6 cm³/mol. The molecule has 0 saturated heterocycles. The third-order valence-corrected chi connectivity index (χ3v) is 6.36. The van der Waals surface area contributed by atoms with Crippen molar-refractivity contribution in [1.82, 2.24) is 9.44 Å². The van der Waals surface area contributed by atoms with E-state index in [0.29, 0.717) is 5.75 Å². The van der Waals surface area contributed by atoms with Crippen molar-refractivity contribution in [2.24, 2.45) is 0 Å². The molecule has 7 nitrogen and oxygen atoms in total. The summed E-state index contributed by atoms with van der Waals surface area (Å²) < 4.78 is 58.2. The maximum atomic E-state index is 12.1. The summed E-state index contributed by atoms with van der Waals surface area (Å²) in [6.45, 7) is 1.73. The Balaban J connectivity index is 1.92. The summed E-state index contributed by atoms with van der Waals surface area (Å²) in [6, 6.07) is 12.3. The molecule has 2 aromatic rings. The van der Waals surface area contributed by atoms with E-state index in [-0.39, 0.29) is 22.9 Å². The first-order chi connectivity index (χ1) is 11.7. The molecule has 2 N–H and O–H groups in total. The second-order valence-corrected chi connectivity index (χ2v) is 8.82. The van der Waals surface area contributed by atoms with Gasteiger partial charge in [0, 0.05) is 13.1 Å². The van der Waals surface area contributed by atoms with E-state index in [4.69, 9.17) is 4.74 Å². The van der Waals surface area contributed by atoms with E-state index in [2.05, 4.69) is 9.44 Å². The largest absolute Gasteiger partial charge is 0.497 e. The minimum Gasteiger partial charge on any atom is -0.497 e. The fraction of sp³-hybridized carbons (Fsp3) is 0.250. The van der Waals surface area contributed by atoms with Crippen LogP contribution in [0.2, 0.25) is 0 Å². The molecule has 0 spiro atoms. The lowest BCUT2D eigenvalue weighted by Gasteiger charge is -2.09. The van der Waals surface area contributed by atoms with Crippen LogP contribution < -0.4 is 14.2 Å². The van der Waals surface area contributed by atoms with Gasteiger partial charge in [0.1, 0.15) is 5.75 Å². The molecule has 0 bridgehead atoms. The minimum absolute atomic E-state index is 0.0639. The Labute approximate surface area is 148 Å². The summed E-state index contributed by atoms with van der Waals surface area (Å²) in [7, 11) is -5.90. The van der Waals surface area contributed by atoms with Crippen LogP contribution in [-0.4, -0.2) is 37.0 Å². The molecule has 0 aliphatic rings. The maximum absolute atomic E-state index is 12.1. The maximum Gasteiger partial charge on any atom is 0.240 e. The van der Waals surface area contributed by atoms with Crippen molar-refractivity contribution in [3.05, 3.63) is 54.1 Å². The van der Waals surface area contributed by atoms with Crippen molar-refractivity contribution < 1.29 is 21.6 Å². The van der Waals surface area contributed by atoms with Gasteiger partial charge >= 0.3 is 0 Å². The summed E-state index contributed by atoms with van der Waals surface area (Å²) in [5, 5.41) is 0. The van der Waals surface area contributed by atoms with Gasteiger partial charge in [-0.25, -0.2) is 26.3 Å². The van der Waals surface area contributed by atoms with E-state index in [0.717, 1.165) is 5.56 Å². The third kappa shape index (κ3) is 5.27. The smallest absolute Gasteiger partial charge is 0.240 e. The Morgan fingerprint density at radius 1 is 0.760 bits per heavy atom. The highest BCUT2D eigenvalue weighted by atomic mass is 32.2. The molecular formula is C16H20N2O5S2. The van der Waals surface area contributed by atoms with E-state index in [9.17, 15) is 16.8 Å². The molecule has 0 fully saturated rings. The average molecular weight is 384 g/mol. The Morgan fingerprint density at radius 3 is 1.56 bits per heavy atom. The lowest BCUT2D eigenvalue weighted by Crippen LogP contribution is -2.34. The molecule has 9 heteroatoms. The van der Waals surface area contributed by atoms with Gasteiger partial charge in [0.15, 0.2) is 0 Å². The fourth-order valence-electron chi connectivity index (χ4n) is 2.01. The van der Waals surface area contributed by atoms with Crippen molar-refractivity contribution >= 4 is 20.0 Å². The molecule has 0 atom stereocenters. The van der Waals surface area contributed by atoms with Gasteiger partial charge in [-0.1, -0.05) is 17.7 Å². The zero-order valence-electron chi connectivity index (χ0n) is 13.9. The number of aryl methyl sites for hydroxylation is 1. The number of sulfonamides is 2. The van der Waals surface area contributed by atoms with Crippen LogP contribution in [0.5, 0.6) is 5.75 Å². The second kappa shape index (κ2) is 7.96. The standard InChI is InChI=1S/C16H20N2O5S2/c1-13-3-7-15(8-4-13)24(19,20)17-11-12-18-25(21,22)16-9-5-14(23-2)6-10-16/h3-10,17-18H,11-12H2,1-2H3. The van der Waals surface area contributed by atoms with Crippen molar-refractivity contribution in [2.75, 3.05) is 20.2 Å². The zero-order chi connectivity index (χ0) is 18.5. The summed E-state index contributed by atoms with van der Waals surface area (Å²) >= 11 is 0. The Kier molecular flexibility index (Phi) is 6.17. The summed E-state index contributed by atoms with van der Waals surface area (Å²) in [4.78, 5) is 0.214. The normalized spacial score (nSPS) is 12.1. The number of benzene rings is 2. The first-order valence-corrected chi connectivity index (χ1v) is 10.4. The summed E-state index contributed by atoms with van der Waals surface area (Å²) in [6.07, 6.45) is 0. The number of ether oxygens (including phenoxy) is 1. The van der Waals surface area contributed by atoms with Gasteiger partial charge in [-0.3, -0.25) is 0 Å². The molecule has 2 rings (SSSR count). The van der Waals surface area contributed by atoms with Gasteiger partial charge in [-0.2, -0.15) is 0 Å². The van der Waals surface area contributed by atoms with Crippen LogP contribution in [0.3, 0.4) is 0 Å². The highest BCUT2D eigenvalue weighted by Crippen LogP contribution is 2.15. The number of methoxy groups -OCH3 is 1. The fourth-order valence-corrected chi connectivity index (χ4v) is 4.07. The second-order valence-electron chi connectivity index (χ2n) is 5.28. The molecule has 0 aliphatic heterocycles. The molecule has 0 amide bonds. The van der Waals surface area contributed by atoms with Gasteiger partial charge in [0.25, 0.3) is 0 Å². The van der Waals surface area contributed by atoms with Crippen LogP contribution in [0, 0.1) is 6.92 Å². The lowest BCUT2D eigenvalue weighted by molar-refractivity contribution is 0.414. The molecule has 0 aromatic heterocycles. The number of hydrogen-bond acceptors (Lipinski definition) is 5. The first-order valence-electron chi connectivity index (χ1n) is 7.45. The molecule has 2 aromatic carbocycles. The molecule has 136 valence electrons. The topological polar surface area (TPSA) is 102 Å². The molecule has 0 saturated carbocycles. The number of hydrogen-bond donors (Lipinski definition) is 2. The monoisotopic (exact) mass is 384 g/mol. The third-order valence-electron chi connectivity index (χ3n) is 3.41. The summed E-state index contributed by atoms with van der Waals surface area (Å²) in [5.74, 6) is 0.546. The van der Waals surface area contributed by atoms with E-state index in [1.54, 1.807) is 12.1 Å². The van der Waals surface area contributed by atoms with Crippen molar-refractivity contribution in [1.29, 1.82) is 0 Å². The SMILES string of the molecule is COc1ccc(S(=O)(=O)NCCNS(=O)(=O)c2ccc(C)cc2)cc1. The highest BCUT2D eigenvalue weighted by molar-refractivity contribution is 7.89. The van der Waals surface area contributed by atoms with E-state index in [1.165, 1.54) is 43.5 Å². The quantitative estimate of drug-likeness (QED) is 0.667. The van der Waals surface area contributed by atoms with Crippen LogP contribution in [0.15, 0.2) is 58.3 Å². The Bertz CT molecular complexity index is 906. The van der Waals surface area contributed by atoms with Gasteiger partial charge in [-0.05, 0) is 43.3 Å². The predicted octanol–water partition coefficient (Wildman–Crippen LogP) is 1.26. The number of nitrogens with one attached hydrogen (secondary N) is 2. The Morgan fingerprint density at radius 2 is 1.16 bits per heavy atom.